The predicted molar refractivity (Wildman–Crippen MR) is 124 cm³/mol. The SMILES string of the molecule is COc1ccc(S(=O)(=O)N2CCCCCC2)cc1NC(=O)COc1ccc(-c2nnco2)cc1. The fourth-order valence-electron chi connectivity index (χ4n) is 3.70. The van der Waals surface area contributed by atoms with Crippen LogP contribution in [0.15, 0.2) is 58.2 Å². The molecular formula is C23H26N4O6S. The third kappa shape index (κ3) is 5.54. The first kappa shape index (κ1) is 23.7. The summed E-state index contributed by atoms with van der Waals surface area (Å²) < 4.78 is 43.8. The van der Waals surface area contributed by atoms with E-state index in [1.54, 1.807) is 24.3 Å². The molecule has 1 amide bonds. The van der Waals surface area contributed by atoms with Gasteiger partial charge in [-0.2, -0.15) is 4.31 Å². The summed E-state index contributed by atoms with van der Waals surface area (Å²) in [5, 5.41) is 10.2. The quantitative estimate of drug-likeness (QED) is 0.514. The van der Waals surface area contributed by atoms with Gasteiger partial charge >= 0.3 is 0 Å². The van der Waals surface area contributed by atoms with Gasteiger partial charge in [-0.05, 0) is 55.3 Å². The normalized spacial score (nSPS) is 14.9. The second-order valence-electron chi connectivity index (χ2n) is 7.79. The summed E-state index contributed by atoms with van der Waals surface area (Å²) in [6.07, 6.45) is 4.97. The molecule has 34 heavy (non-hydrogen) atoms. The first-order valence-corrected chi connectivity index (χ1v) is 12.4. The van der Waals surface area contributed by atoms with E-state index in [2.05, 4.69) is 15.5 Å². The number of ether oxygens (including phenoxy) is 2. The van der Waals surface area contributed by atoms with Gasteiger partial charge in [-0.1, -0.05) is 12.8 Å². The van der Waals surface area contributed by atoms with E-state index < -0.39 is 15.9 Å². The molecule has 1 aromatic heterocycles. The van der Waals surface area contributed by atoms with Crippen molar-refractivity contribution in [3.8, 4) is 23.0 Å². The number of sulfonamides is 1. The van der Waals surface area contributed by atoms with Crippen LogP contribution in [0.25, 0.3) is 11.5 Å². The van der Waals surface area contributed by atoms with E-state index in [0.717, 1.165) is 31.2 Å². The van der Waals surface area contributed by atoms with Crippen LogP contribution in [0.3, 0.4) is 0 Å². The van der Waals surface area contributed by atoms with E-state index >= 15 is 0 Å². The van der Waals surface area contributed by atoms with Crippen LogP contribution < -0.4 is 14.8 Å². The molecule has 0 spiro atoms. The number of hydrogen-bond acceptors (Lipinski definition) is 8. The smallest absolute Gasteiger partial charge is 0.262 e. The summed E-state index contributed by atoms with van der Waals surface area (Å²) in [4.78, 5) is 12.6. The number of aromatic nitrogens is 2. The maximum atomic E-state index is 13.1. The van der Waals surface area contributed by atoms with Gasteiger partial charge in [-0.3, -0.25) is 4.79 Å². The molecule has 0 radical (unpaired) electrons. The van der Waals surface area contributed by atoms with Crippen LogP contribution in [0, 0.1) is 0 Å². The Morgan fingerprint density at radius 3 is 2.47 bits per heavy atom. The van der Waals surface area contributed by atoms with Crippen LogP contribution in [-0.4, -0.2) is 55.6 Å². The average Bonchev–Trinajstić information content (AvgIpc) is 3.24. The van der Waals surface area contributed by atoms with Crippen LogP contribution in [0.5, 0.6) is 11.5 Å². The van der Waals surface area contributed by atoms with E-state index in [9.17, 15) is 13.2 Å². The Bertz CT molecular complexity index is 1200. The second-order valence-corrected chi connectivity index (χ2v) is 9.72. The molecule has 4 rings (SSSR count). The van der Waals surface area contributed by atoms with Gasteiger partial charge in [-0.25, -0.2) is 8.42 Å². The summed E-state index contributed by atoms with van der Waals surface area (Å²) >= 11 is 0. The molecule has 1 saturated heterocycles. The Kier molecular flexibility index (Phi) is 7.43. The number of nitrogens with one attached hydrogen (secondary N) is 1. The third-order valence-corrected chi connectivity index (χ3v) is 7.37. The van der Waals surface area contributed by atoms with Crippen molar-refractivity contribution in [2.45, 2.75) is 30.6 Å². The van der Waals surface area contributed by atoms with Gasteiger partial charge < -0.3 is 19.2 Å². The number of methoxy groups -OCH3 is 1. The molecule has 0 atom stereocenters. The van der Waals surface area contributed by atoms with Gasteiger partial charge in [0.1, 0.15) is 11.5 Å². The van der Waals surface area contributed by atoms with Gasteiger partial charge in [0, 0.05) is 18.7 Å². The van der Waals surface area contributed by atoms with Gasteiger partial charge in [0.2, 0.25) is 22.3 Å². The summed E-state index contributed by atoms with van der Waals surface area (Å²) in [5.74, 6) is 0.755. The van der Waals surface area contributed by atoms with Gasteiger partial charge in [0.05, 0.1) is 17.7 Å². The monoisotopic (exact) mass is 486 g/mol. The minimum atomic E-state index is -3.67. The molecule has 0 aliphatic carbocycles. The molecule has 1 aliphatic heterocycles. The zero-order valence-corrected chi connectivity index (χ0v) is 19.6. The van der Waals surface area contributed by atoms with Gasteiger partial charge in [0.15, 0.2) is 6.61 Å². The largest absolute Gasteiger partial charge is 0.495 e. The Hall–Kier alpha value is -3.44. The number of rotatable bonds is 8. The molecular weight excluding hydrogens is 460 g/mol. The zero-order valence-electron chi connectivity index (χ0n) is 18.8. The van der Waals surface area contributed by atoms with Crippen LogP contribution in [0.1, 0.15) is 25.7 Å². The lowest BCUT2D eigenvalue weighted by molar-refractivity contribution is -0.118. The lowest BCUT2D eigenvalue weighted by Gasteiger charge is -2.21. The van der Waals surface area contributed by atoms with Crippen molar-refractivity contribution in [2.24, 2.45) is 0 Å². The molecule has 10 nitrogen and oxygen atoms in total. The molecule has 2 heterocycles. The number of nitrogens with zero attached hydrogens (tertiary/aromatic N) is 3. The Morgan fingerprint density at radius 1 is 1.09 bits per heavy atom. The van der Waals surface area contributed by atoms with Crippen molar-refractivity contribution in [3.05, 3.63) is 48.9 Å². The van der Waals surface area contributed by atoms with E-state index in [1.807, 2.05) is 0 Å². The molecule has 2 aromatic carbocycles. The number of carbonyl (C=O) groups excluding carboxylic acids is 1. The van der Waals surface area contributed by atoms with Crippen molar-refractivity contribution in [1.82, 2.24) is 14.5 Å². The van der Waals surface area contributed by atoms with Crippen molar-refractivity contribution in [1.29, 1.82) is 0 Å². The summed E-state index contributed by atoms with van der Waals surface area (Å²) in [7, 11) is -2.21. The molecule has 1 fully saturated rings. The van der Waals surface area contributed by atoms with Crippen LogP contribution in [0.4, 0.5) is 5.69 Å². The minimum Gasteiger partial charge on any atom is -0.495 e. The highest BCUT2D eigenvalue weighted by Gasteiger charge is 2.26. The number of carbonyl (C=O) groups is 1. The lowest BCUT2D eigenvalue weighted by Crippen LogP contribution is -2.32. The Labute approximate surface area is 197 Å². The van der Waals surface area contributed by atoms with Crippen molar-refractivity contribution >= 4 is 21.6 Å². The first-order valence-electron chi connectivity index (χ1n) is 10.9. The van der Waals surface area contributed by atoms with Crippen LogP contribution in [0.2, 0.25) is 0 Å². The lowest BCUT2D eigenvalue weighted by atomic mass is 10.2. The Balaban J connectivity index is 1.42. The number of hydrogen-bond donors (Lipinski definition) is 1. The summed E-state index contributed by atoms with van der Waals surface area (Å²) in [5.41, 5.74) is 0.986. The second kappa shape index (κ2) is 10.7. The summed E-state index contributed by atoms with van der Waals surface area (Å²) in [6.45, 7) is 0.719. The first-order chi connectivity index (χ1) is 16.5. The maximum absolute atomic E-state index is 13.1. The molecule has 11 heteroatoms. The zero-order chi connectivity index (χ0) is 24.0. The van der Waals surface area contributed by atoms with E-state index in [-0.39, 0.29) is 17.2 Å². The molecule has 0 unspecified atom stereocenters. The van der Waals surface area contributed by atoms with E-state index in [1.165, 1.54) is 36.0 Å². The Morgan fingerprint density at radius 2 is 1.82 bits per heavy atom. The van der Waals surface area contributed by atoms with Gasteiger partial charge in [-0.15, -0.1) is 10.2 Å². The van der Waals surface area contributed by atoms with Crippen LogP contribution >= 0.6 is 0 Å². The number of anilines is 1. The van der Waals surface area contributed by atoms with Gasteiger partial charge in [0.25, 0.3) is 5.91 Å². The fourth-order valence-corrected chi connectivity index (χ4v) is 5.25. The molecule has 0 bridgehead atoms. The highest BCUT2D eigenvalue weighted by molar-refractivity contribution is 7.89. The van der Waals surface area contributed by atoms with Crippen molar-refractivity contribution in [3.63, 3.8) is 0 Å². The number of amides is 1. The standard InChI is InChI=1S/C23H26N4O6S/c1-31-21-11-10-19(34(29,30)27-12-4-2-3-5-13-27)14-20(21)25-22(28)15-32-18-8-6-17(7-9-18)23-26-24-16-33-23/h6-11,14,16H,2-5,12-13,15H2,1H3,(H,25,28). The highest BCUT2D eigenvalue weighted by atomic mass is 32.2. The highest BCUT2D eigenvalue weighted by Crippen LogP contribution is 2.30. The minimum absolute atomic E-state index is 0.114. The molecule has 3 aromatic rings. The van der Waals surface area contributed by atoms with Crippen molar-refractivity contribution < 1.29 is 27.1 Å². The summed E-state index contributed by atoms with van der Waals surface area (Å²) in [6, 6.07) is 11.3. The molecule has 180 valence electrons. The van der Waals surface area contributed by atoms with E-state index in [4.69, 9.17) is 13.9 Å². The third-order valence-electron chi connectivity index (χ3n) is 5.48. The molecule has 1 N–H and O–H groups in total. The topological polar surface area (TPSA) is 124 Å². The predicted octanol–water partition coefficient (Wildman–Crippen LogP) is 3.33. The molecule has 0 saturated carbocycles. The average molecular weight is 487 g/mol. The molecule has 1 aliphatic rings. The number of benzene rings is 2. The van der Waals surface area contributed by atoms with E-state index in [0.29, 0.717) is 30.5 Å². The maximum Gasteiger partial charge on any atom is 0.262 e. The fraction of sp³-hybridized carbons (Fsp3) is 0.348. The van der Waals surface area contributed by atoms with Crippen molar-refractivity contribution in [2.75, 3.05) is 32.1 Å². The van der Waals surface area contributed by atoms with Crippen LogP contribution in [-0.2, 0) is 14.8 Å².